The summed E-state index contributed by atoms with van der Waals surface area (Å²) in [5.74, 6) is -1.34. The maximum Gasteiger partial charge on any atom is 0.315 e. The minimum Gasteiger partial charge on any atom is -0.334 e. The maximum atomic E-state index is 12.9. The lowest BCUT2D eigenvalue weighted by atomic mass is 10.1. The Labute approximate surface area is 212 Å². The van der Waals surface area contributed by atoms with Crippen molar-refractivity contribution in [3.63, 3.8) is 0 Å². The summed E-state index contributed by atoms with van der Waals surface area (Å²) in [6.45, 7) is 2.10. The molecule has 4 aromatic rings. The number of hydrazine groups is 1. The molecule has 0 spiro atoms. The van der Waals surface area contributed by atoms with E-state index >= 15 is 0 Å². The second-order valence-electron chi connectivity index (χ2n) is 8.37. The molecule has 0 saturated carbocycles. The van der Waals surface area contributed by atoms with Crippen molar-refractivity contribution in [2.45, 2.75) is 20.0 Å². The zero-order valence-corrected chi connectivity index (χ0v) is 20.2. The number of hydrogen-bond donors (Lipinski definition) is 4. The topological polar surface area (TPSA) is 134 Å². The number of rotatable bonds is 7. The highest BCUT2D eigenvalue weighted by Gasteiger charge is 2.17. The van der Waals surface area contributed by atoms with Crippen molar-refractivity contribution in [3.05, 3.63) is 112 Å². The van der Waals surface area contributed by atoms with Gasteiger partial charge in [0.1, 0.15) is 6.54 Å². The van der Waals surface area contributed by atoms with E-state index in [1.54, 1.807) is 24.3 Å². The summed E-state index contributed by atoms with van der Waals surface area (Å²) in [5.41, 5.74) is 7.09. The standard InChI is InChI=1S/C27H26N6O4/c1-18-11-13-19(14-12-18)15-28-27(37)29-16-23(34)30-31-25(35)24-21-9-5-6-10-22(21)26(36)33(32-24)17-20-7-3-2-4-8-20/h2-14H,15-17H2,1H3,(H,30,34)(H,31,35)(H2,28,29,37). The van der Waals surface area contributed by atoms with Crippen LogP contribution in [0.3, 0.4) is 0 Å². The Hall–Kier alpha value is -4.99. The first kappa shape index (κ1) is 25.1. The van der Waals surface area contributed by atoms with Gasteiger partial charge in [-0.1, -0.05) is 78.4 Å². The number of nitrogens with one attached hydrogen (secondary N) is 4. The van der Waals surface area contributed by atoms with Gasteiger partial charge in [0, 0.05) is 11.9 Å². The first-order chi connectivity index (χ1) is 17.9. The minimum atomic E-state index is -0.699. The number of carbonyl (C=O) groups is 3. The third-order valence-corrected chi connectivity index (χ3v) is 5.56. The number of aryl methyl sites for hydroxylation is 1. The van der Waals surface area contributed by atoms with Crippen LogP contribution < -0.4 is 27.0 Å². The van der Waals surface area contributed by atoms with Crippen LogP contribution in [0, 0.1) is 6.92 Å². The summed E-state index contributed by atoms with van der Waals surface area (Å²) in [6, 6.07) is 23.1. The van der Waals surface area contributed by atoms with Crippen LogP contribution >= 0.6 is 0 Å². The summed E-state index contributed by atoms with van der Waals surface area (Å²) < 4.78 is 1.22. The fourth-order valence-corrected chi connectivity index (χ4v) is 3.61. The normalized spacial score (nSPS) is 10.5. The molecule has 4 amide bonds. The van der Waals surface area contributed by atoms with Gasteiger partial charge < -0.3 is 10.6 Å². The summed E-state index contributed by atoms with van der Waals surface area (Å²) in [6.07, 6.45) is 0. The number of urea groups is 1. The van der Waals surface area contributed by atoms with E-state index in [0.717, 1.165) is 16.7 Å². The highest BCUT2D eigenvalue weighted by Crippen LogP contribution is 2.13. The number of nitrogens with zero attached hydrogens (tertiary/aromatic N) is 2. The van der Waals surface area contributed by atoms with Gasteiger partial charge in [0.15, 0.2) is 5.69 Å². The zero-order chi connectivity index (χ0) is 26.2. The predicted molar refractivity (Wildman–Crippen MR) is 139 cm³/mol. The quantitative estimate of drug-likeness (QED) is 0.289. The molecule has 10 heteroatoms. The Morgan fingerprint density at radius 3 is 2.19 bits per heavy atom. The van der Waals surface area contributed by atoms with Gasteiger partial charge in [0.2, 0.25) is 0 Å². The molecule has 4 rings (SSSR count). The molecule has 10 nitrogen and oxygen atoms in total. The van der Waals surface area contributed by atoms with Crippen molar-refractivity contribution in [3.8, 4) is 0 Å². The maximum absolute atomic E-state index is 12.9. The fraction of sp³-hybridized carbons (Fsp3) is 0.148. The number of benzene rings is 3. The van der Waals surface area contributed by atoms with E-state index in [2.05, 4.69) is 26.6 Å². The molecule has 0 aliphatic carbocycles. The van der Waals surface area contributed by atoms with Crippen LogP contribution in [-0.4, -0.2) is 34.2 Å². The van der Waals surface area contributed by atoms with Crippen LogP contribution in [0.25, 0.3) is 10.8 Å². The van der Waals surface area contributed by atoms with E-state index in [9.17, 15) is 19.2 Å². The Morgan fingerprint density at radius 1 is 0.784 bits per heavy atom. The van der Waals surface area contributed by atoms with Gasteiger partial charge in [-0.3, -0.25) is 25.2 Å². The van der Waals surface area contributed by atoms with Gasteiger partial charge in [-0.05, 0) is 24.1 Å². The van der Waals surface area contributed by atoms with Crippen molar-refractivity contribution >= 4 is 28.6 Å². The van der Waals surface area contributed by atoms with Crippen LogP contribution in [0.2, 0.25) is 0 Å². The molecule has 0 aliphatic rings. The summed E-state index contributed by atoms with van der Waals surface area (Å²) in [7, 11) is 0. The van der Waals surface area contributed by atoms with Gasteiger partial charge in [-0.15, -0.1) is 0 Å². The third-order valence-electron chi connectivity index (χ3n) is 5.56. The van der Waals surface area contributed by atoms with E-state index in [0.29, 0.717) is 17.3 Å². The lowest BCUT2D eigenvalue weighted by Gasteiger charge is -2.12. The van der Waals surface area contributed by atoms with E-state index in [-0.39, 0.29) is 24.3 Å². The van der Waals surface area contributed by atoms with Gasteiger partial charge in [0.25, 0.3) is 17.4 Å². The van der Waals surface area contributed by atoms with Crippen LogP contribution in [-0.2, 0) is 17.9 Å². The van der Waals surface area contributed by atoms with Crippen molar-refractivity contribution in [1.29, 1.82) is 0 Å². The number of fused-ring (bicyclic) bond motifs is 1. The van der Waals surface area contributed by atoms with Gasteiger partial charge in [-0.25, -0.2) is 9.48 Å². The molecular weight excluding hydrogens is 472 g/mol. The highest BCUT2D eigenvalue weighted by molar-refractivity contribution is 6.05. The lowest BCUT2D eigenvalue weighted by Crippen LogP contribution is -2.48. The highest BCUT2D eigenvalue weighted by atomic mass is 16.2. The van der Waals surface area contributed by atoms with E-state index in [1.807, 2.05) is 61.5 Å². The molecule has 0 saturated heterocycles. The van der Waals surface area contributed by atoms with Gasteiger partial charge in [-0.2, -0.15) is 5.10 Å². The zero-order valence-electron chi connectivity index (χ0n) is 20.2. The first-order valence-corrected chi connectivity index (χ1v) is 11.6. The Bertz CT molecular complexity index is 1480. The van der Waals surface area contributed by atoms with Crippen LogP contribution in [0.5, 0.6) is 0 Å². The predicted octanol–water partition coefficient (Wildman–Crippen LogP) is 2.01. The lowest BCUT2D eigenvalue weighted by molar-refractivity contribution is -0.120. The fourth-order valence-electron chi connectivity index (χ4n) is 3.61. The van der Waals surface area contributed by atoms with Crippen molar-refractivity contribution in [1.82, 2.24) is 31.3 Å². The largest absolute Gasteiger partial charge is 0.334 e. The molecule has 1 heterocycles. The number of amides is 4. The molecule has 0 aliphatic heterocycles. The van der Waals surface area contributed by atoms with Gasteiger partial charge >= 0.3 is 6.03 Å². The second kappa shape index (κ2) is 11.6. The number of hydrogen-bond acceptors (Lipinski definition) is 5. The molecule has 0 unspecified atom stereocenters. The second-order valence-corrected chi connectivity index (χ2v) is 8.37. The molecule has 4 N–H and O–H groups in total. The van der Waals surface area contributed by atoms with Crippen LogP contribution in [0.15, 0.2) is 83.7 Å². The van der Waals surface area contributed by atoms with E-state index < -0.39 is 17.8 Å². The first-order valence-electron chi connectivity index (χ1n) is 11.6. The molecule has 0 fully saturated rings. The Morgan fingerprint density at radius 2 is 1.46 bits per heavy atom. The van der Waals surface area contributed by atoms with Crippen molar-refractivity contribution in [2.75, 3.05) is 6.54 Å². The molecule has 37 heavy (non-hydrogen) atoms. The molecule has 3 aromatic carbocycles. The van der Waals surface area contributed by atoms with Crippen LogP contribution in [0.1, 0.15) is 27.2 Å². The molecule has 0 radical (unpaired) electrons. The average Bonchev–Trinajstić information content (AvgIpc) is 2.92. The third kappa shape index (κ3) is 6.57. The van der Waals surface area contributed by atoms with Crippen LogP contribution in [0.4, 0.5) is 4.79 Å². The Balaban J connectivity index is 1.36. The summed E-state index contributed by atoms with van der Waals surface area (Å²) in [4.78, 5) is 50.0. The summed E-state index contributed by atoms with van der Waals surface area (Å²) >= 11 is 0. The SMILES string of the molecule is Cc1ccc(CNC(=O)NCC(=O)NNC(=O)c2nn(Cc3ccccc3)c(=O)c3ccccc23)cc1. The van der Waals surface area contributed by atoms with E-state index in [4.69, 9.17) is 0 Å². The number of carbonyl (C=O) groups excluding carboxylic acids is 3. The average molecular weight is 499 g/mol. The Kier molecular flexibility index (Phi) is 7.89. The molecule has 188 valence electrons. The van der Waals surface area contributed by atoms with Crippen molar-refractivity contribution in [2.24, 2.45) is 0 Å². The number of aromatic nitrogens is 2. The molecular formula is C27H26N6O4. The smallest absolute Gasteiger partial charge is 0.315 e. The monoisotopic (exact) mass is 498 g/mol. The molecule has 1 aromatic heterocycles. The van der Waals surface area contributed by atoms with Gasteiger partial charge in [0.05, 0.1) is 11.9 Å². The minimum absolute atomic E-state index is 0.0183. The molecule has 0 atom stereocenters. The van der Waals surface area contributed by atoms with Crippen molar-refractivity contribution < 1.29 is 14.4 Å². The molecule has 0 bridgehead atoms. The summed E-state index contributed by atoms with van der Waals surface area (Å²) in [5, 5.41) is 10.0. The van der Waals surface area contributed by atoms with E-state index in [1.165, 1.54) is 4.68 Å².